The van der Waals surface area contributed by atoms with Gasteiger partial charge in [-0.15, -0.1) is 0 Å². The number of rotatable bonds is 7. The van der Waals surface area contributed by atoms with Gasteiger partial charge in [-0.05, 0) is 25.5 Å². The summed E-state index contributed by atoms with van der Waals surface area (Å²) in [5, 5.41) is 5.85. The zero-order valence-electron chi connectivity index (χ0n) is 11.2. The van der Waals surface area contributed by atoms with Crippen LogP contribution in [0.4, 0.5) is 8.78 Å². The van der Waals surface area contributed by atoms with Crippen molar-refractivity contribution in [3.63, 3.8) is 0 Å². The maximum absolute atomic E-state index is 12.5. The van der Waals surface area contributed by atoms with E-state index in [-0.39, 0.29) is 17.5 Å². The van der Waals surface area contributed by atoms with Crippen molar-refractivity contribution in [2.75, 3.05) is 6.54 Å². The average Bonchev–Trinajstić information content (AvgIpc) is 2.34. The van der Waals surface area contributed by atoms with Crippen molar-refractivity contribution in [3.05, 3.63) is 35.4 Å². The van der Waals surface area contributed by atoms with Gasteiger partial charge in [0.05, 0.1) is 0 Å². The smallest absolute Gasteiger partial charge is 0.263 e. The fraction of sp³-hybridized carbons (Fsp3) is 0.500. The topological polar surface area (TPSA) is 41.1 Å². The third-order valence-corrected chi connectivity index (χ3v) is 2.51. The van der Waals surface area contributed by atoms with E-state index in [1.54, 1.807) is 12.1 Å². The van der Waals surface area contributed by atoms with Crippen molar-refractivity contribution in [1.29, 1.82) is 0 Å². The molecular weight excluding hydrogens is 250 g/mol. The maximum Gasteiger partial charge on any atom is 0.263 e. The van der Waals surface area contributed by atoms with E-state index < -0.39 is 6.43 Å². The minimum Gasteiger partial charge on any atom is -0.354 e. The van der Waals surface area contributed by atoms with Gasteiger partial charge >= 0.3 is 0 Å². The van der Waals surface area contributed by atoms with Gasteiger partial charge in [-0.25, -0.2) is 8.78 Å². The third-order valence-electron chi connectivity index (χ3n) is 2.51. The molecule has 0 spiro atoms. The summed E-state index contributed by atoms with van der Waals surface area (Å²) >= 11 is 0. The minimum absolute atomic E-state index is 0.0103. The number of benzene rings is 1. The van der Waals surface area contributed by atoms with Crippen LogP contribution in [-0.2, 0) is 11.3 Å². The van der Waals surface area contributed by atoms with Crippen molar-refractivity contribution in [2.24, 2.45) is 0 Å². The Morgan fingerprint density at radius 2 is 2.05 bits per heavy atom. The lowest BCUT2D eigenvalue weighted by molar-refractivity contribution is -0.121. The van der Waals surface area contributed by atoms with Crippen LogP contribution in [0.15, 0.2) is 24.3 Å². The number of alkyl halides is 2. The van der Waals surface area contributed by atoms with Crippen molar-refractivity contribution in [3.8, 4) is 0 Å². The lowest BCUT2D eigenvalue weighted by atomic mass is 10.1. The molecule has 0 aliphatic heterocycles. The zero-order chi connectivity index (χ0) is 14.3. The van der Waals surface area contributed by atoms with E-state index in [9.17, 15) is 13.6 Å². The molecule has 0 unspecified atom stereocenters. The number of carbonyl (C=O) groups excluding carboxylic acids is 1. The monoisotopic (exact) mass is 270 g/mol. The van der Waals surface area contributed by atoms with Gasteiger partial charge < -0.3 is 10.6 Å². The quantitative estimate of drug-likeness (QED) is 0.748. The first-order chi connectivity index (χ1) is 8.99. The molecule has 0 radical (unpaired) electrons. The van der Waals surface area contributed by atoms with Crippen LogP contribution in [0.2, 0.25) is 0 Å². The molecule has 0 saturated heterocycles. The first-order valence-corrected chi connectivity index (χ1v) is 6.36. The predicted molar refractivity (Wildman–Crippen MR) is 71.0 cm³/mol. The number of hydrogen-bond acceptors (Lipinski definition) is 2. The number of halogens is 2. The van der Waals surface area contributed by atoms with Crippen molar-refractivity contribution in [1.82, 2.24) is 10.6 Å². The minimum atomic E-state index is -2.45. The molecule has 0 heterocycles. The number of nitrogens with one attached hydrogen (secondary N) is 2. The summed E-state index contributed by atoms with van der Waals surface area (Å²) in [6.45, 7) is 4.81. The molecule has 2 N–H and O–H groups in total. The van der Waals surface area contributed by atoms with Crippen LogP contribution in [-0.4, -0.2) is 18.5 Å². The summed E-state index contributed by atoms with van der Waals surface area (Å²) in [6.07, 6.45) is -2.07. The molecule has 5 heteroatoms. The normalized spacial score (nSPS) is 11.1. The Labute approximate surface area is 112 Å². The molecule has 1 amide bonds. The molecule has 0 aromatic heterocycles. The molecule has 0 aliphatic rings. The summed E-state index contributed by atoms with van der Waals surface area (Å²) in [5.74, 6) is -0.0103. The van der Waals surface area contributed by atoms with E-state index in [4.69, 9.17) is 0 Å². The van der Waals surface area contributed by atoms with Gasteiger partial charge in [0.25, 0.3) is 6.43 Å². The Morgan fingerprint density at radius 1 is 1.32 bits per heavy atom. The predicted octanol–water partition coefficient (Wildman–Crippen LogP) is 2.63. The van der Waals surface area contributed by atoms with Crippen LogP contribution in [0.1, 0.15) is 37.8 Å². The molecule has 1 aromatic carbocycles. The molecule has 19 heavy (non-hydrogen) atoms. The molecule has 3 nitrogen and oxygen atoms in total. The summed E-state index contributed by atoms with van der Waals surface area (Å²) in [7, 11) is 0. The molecule has 0 bridgehead atoms. The Bertz CT molecular complexity index is 408. The highest BCUT2D eigenvalue weighted by Gasteiger charge is 2.07. The Balaban J connectivity index is 2.29. The lowest BCUT2D eigenvalue weighted by Gasteiger charge is -2.09. The Kier molecular flexibility index (Phi) is 6.42. The standard InChI is InChI=1S/C14H20F2N2O/c1-10(2)18-13(19)6-7-17-9-11-4-3-5-12(8-11)14(15)16/h3-5,8,10,14,17H,6-7,9H2,1-2H3,(H,18,19). The fourth-order valence-electron chi connectivity index (χ4n) is 1.67. The molecule has 106 valence electrons. The second-order valence-electron chi connectivity index (χ2n) is 4.69. The number of amides is 1. The second-order valence-corrected chi connectivity index (χ2v) is 4.69. The van der Waals surface area contributed by atoms with Gasteiger partial charge in [0.15, 0.2) is 0 Å². The van der Waals surface area contributed by atoms with Gasteiger partial charge in [0, 0.05) is 31.1 Å². The van der Waals surface area contributed by atoms with Gasteiger partial charge in [-0.2, -0.15) is 0 Å². The molecule has 0 fully saturated rings. The van der Waals surface area contributed by atoms with Crippen LogP contribution in [0.25, 0.3) is 0 Å². The van der Waals surface area contributed by atoms with E-state index in [1.165, 1.54) is 12.1 Å². The molecule has 0 aliphatic carbocycles. The van der Waals surface area contributed by atoms with Gasteiger partial charge in [0.2, 0.25) is 5.91 Å². The largest absolute Gasteiger partial charge is 0.354 e. The summed E-state index contributed by atoms with van der Waals surface area (Å²) < 4.78 is 25.0. The summed E-state index contributed by atoms with van der Waals surface area (Å²) in [4.78, 5) is 11.4. The molecule has 0 saturated carbocycles. The highest BCUT2D eigenvalue weighted by Crippen LogP contribution is 2.19. The third kappa shape index (κ3) is 6.29. The lowest BCUT2D eigenvalue weighted by Crippen LogP contribution is -2.32. The van der Waals surface area contributed by atoms with E-state index >= 15 is 0 Å². The zero-order valence-corrected chi connectivity index (χ0v) is 11.2. The second kappa shape index (κ2) is 7.84. The summed E-state index contributed by atoms with van der Waals surface area (Å²) in [5.41, 5.74) is 0.818. The van der Waals surface area contributed by atoms with E-state index in [1.807, 2.05) is 13.8 Å². The van der Waals surface area contributed by atoms with E-state index in [0.717, 1.165) is 5.56 Å². The molecular formula is C14H20F2N2O. The molecule has 1 rings (SSSR count). The number of hydrogen-bond donors (Lipinski definition) is 2. The molecule has 0 atom stereocenters. The SMILES string of the molecule is CC(C)NC(=O)CCNCc1cccc(C(F)F)c1. The molecule has 1 aromatic rings. The van der Waals surface area contributed by atoms with Crippen molar-refractivity contribution < 1.29 is 13.6 Å². The average molecular weight is 270 g/mol. The fourth-order valence-corrected chi connectivity index (χ4v) is 1.67. The van der Waals surface area contributed by atoms with Crippen LogP contribution in [0.5, 0.6) is 0 Å². The highest BCUT2D eigenvalue weighted by atomic mass is 19.3. The van der Waals surface area contributed by atoms with Gasteiger partial charge in [-0.3, -0.25) is 4.79 Å². The Hall–Kier alpha value is -1.49. The Morgan fingerprint density at radius 3 is 2.68 bits per heavy atom. The van der Waals surface area contributed by atoms with Crippen molar-refractivity contribution in [2.45, 2.75) is 39.3 Å². The van der Waals surface area contributed by atoms with Crippen molar-refractivity contribution >= 4 is 5.91 Å². The van der Waals surface area contributed by atoms with Crippen LogP contribution < -0.4 is 10.6 Å². The summed E-state index contributed by atoms with van der Waals surface area (Å²) in [6, 6.07) is 6.42. The highest BCUT2D eigenvalue weighted by molar-refractivity contribution is 5.76. The maximum atomic E-state index is 12.5. The van der Waals surface area contributed by atoms with Gasteiger partial charge in [-0.1, -0.05) is 18.2 Å². The van der Waals surface area contributed by atoms with E-state index in [2.05, 4.69) is 10.6 Å². The van der Waals surface area contributed by atoms with Crippen LogP contribution >= 0.6 is 0 Å². The van der Waals surface area contributed by atoms with E-state index in [0.29, 0.717) is 19.5 Å². The first-order valence-electron chi connectivity index (χ1n) is 6.36. The van der Waals surface area contributed by atoms with Crippen LogP contribution in [0.3, 0.4) is 0 Å². The van der Waals surface area contributed by atoms with Crippen LogP contribution in [0, 0.1) is 0 Å². The first kappa shape index (κ1) is 15.6. The number of carbonyl (C=O) groups is 1. The van der Waals surface area contributed by atoms with Gasteiger partial charge in [0.1, 0.15) is 0 Å².